The smallest absolute Gasteiger partial charge is 0.408 e. The number of halogens is 1. The highest BCUT2D eigenvalue weighted by molar-refractivity contribution is 5.69. The minimum absolute atomic E-state index is 0.211. The quantitative estimate of drug-likeness (QED) is 0.886. The van der Waals surface area contributed by atoms with Crippen molar-refractivity contribution in [3.05, 3.63) is 35.6 Å². The molecule has 106 valence electrons. The van der Waals surface area contributed by atoms with E-state index in [0.29, 0.717) is 0 Å². The fourth-order valence-corrected chi connectivity index (χ4v) is 1.63. The first-order valence-electron chi connectivity index (χ1n) is 6.05. The lowest BCUT2D eigenvalue weighted by molar-refractivity contribution is 0.0408. The van der Waals surface area contributed by atoms with Crippen molar-refractivity contribution in [2.24, 2.45) is 0 Å². The molecule has 0 aliphatic rings. The molecular formula is C14H20FNO3. The van der Waals surface area contributed by atoms with Crippen LogP contribution in [0.3, 0.4) is 0 Å². The third-order valence-electron chi connectivity index (χ3n) is 2.56. The number of carbonyl (C=O) groups excluding carboxylic acids is 1. The van der Waals surface area contributed by atoms with Gasteiger partial charge in [-0.25, -0.2) is 9.18 Å². The Morgan fingerprint density at radius 1 is 1.32 bits per heavy atom. The number of carbonyl (C=O) groups is 1. The Kier molecular flexibility index (Phi) is 4.52. The lowest BCUT2D eigenvalue weighted by Gasteiger charge is -2.31. The Morgan fingerprint density at radius 3 is 2.37 bits per heavy atom. The Hall–Kier alpha value is -1.62. The van der Waals surface area contributed by atoms with Gasteiger partial charge in [0, 0.05) is 5.56 Å². The van der Waals surface area contributed by atoms with Gasteiger partial charge in [-0.3, -0.25) is 0 Å². The second kappa shape index (κ2) is 5.57. The number of hydrogen-bond donors (Lipinski definition) is 2. The molecule has 0 aromatic heterocycles. The van der Waals surface area contributed by atoms with Crippen LogP contribution in [0.5, 0.6) is 0 Å². The summed E-state index contributed by atoms with van der Waals surface area (Å²) < 4.78 is 18.9. The van der Waals surface area contributed by atoms with E-state index in [9.17, 15) is 14.3 Å². The third kappa shape index (κ3) is 4.21. The largest absolute Gasteiger partial charge is 0.444 e. The summed E-state index contributed by atoms with van der Waals surface area (Å²) in [7, 11) is 0. The van der Waals surface area contributed by atoms with Gasteiger partial charge in [-0.05, 0) is 33.8 Å². The van der Waals surface area contributed by atoms with Crippen LogP contribution in [0.15, 0.2) is 24.3 Å². The summed E-state index contributed by atoms with van der Waals surface area (Å²) in [6.07, 6.45) is -0.702. The molecule has 0 aliphatic heterocycles. The fraction of sp³-hybridized carbons (Fsp3) is 0.500. The Bertz CT molecular complexity index is 456. The van der Waals surface area contributed by atoms with Crippen molar-refractivity contribution >= 4 is 6.09 Å². The van der Waals surface area contributed by atoms with Gasteiger partial charge in [0.15, 0.2) is 0 Å². The molecule has 0 heterocycles. The number of nitrogens with one attached hydrogen (secondary N) is 1. The molecule has 0 bridgehead atoms. The maximum atomic E-state index is 13.8. The Labute approximate surface area is 112 Å². The maximum Gasteiger partial charge on any atom is 0.408 e. The Morgan fingerprint density at radius 2 is 1.89 bits per heavy atom. The topological polar surface area (TPSA) is 58.6 Å². The molecule has 19 heavy (non-hydrogen) atoms. The van der Waals surface area contributed by atoms with E-state index < -0.39 is 29.7 Å². The van der Waals surface area contributed by atoms with Crippen molar-refractivity contribution in [2.45, 2.75) is 38.8 Å². The predicted octanol–water partition coefficient (Wildman–Crippen LogP) is 2.56. The van der Waals surface area contributed by atoms with Gasteiger partial charge < -0.3 is 15.2 Å². The summed E-state index contributed by atoms with van der Waals surface area (Å²) >= 11 is 0. The average molecular weight is 269 g/mol. The highest BCUT2D eigenvalue weighted by atomic mass is 19.1. The minimum atomic E-state index is -1.23. The van der Waals surface area contributed by atoms with Crippen molar-refractivity contribution in [3.63, 3.8) is 0 Å². The van der Waals surface area contributed by atoms with Crippen molar-refractivity contribution in [1.82, 2.24) is 5.32 Å². The normalized spacial score (nSPS) is 14.6. The number of aliphatic hydroxyl groups is 1. The van der Waals surface area contributed by atoms with Gasteiger partial charge in [-0.15, -0.1) is 0 Å². The summed E-state index contributed by atoms with van der Waals surface area (Å²) in [6.45, 7) is 6.28. The molecule has 0 fully saturated rings. The highest BCUT2D eigenvalue weighted by Gasteiger charge is 2.32. The van der Waals surface area contributed by atoms with Crippen LogP contribution in [0.25, 0.3) is 0 Å². The second-order valence-electron chi connectivity index (χ2n) is 5.60. The zero-order valence-electron chi connectivity index (χ0n) is 11.7. The first-order chi connectivity index (χ1) is 8.68. The number of hydrogen-bond acceptors (Lipinski definition) is 3. The monoisotopic (exact) mass is 269 g/mol. The van der Waals surface area contributed by atoms with Gasteiger partial charge in [-0.1, -0.05) is 18.2 Å². The number of amides is 1. The van der Waals surface area contributed by atoms with Crippen molar-refractivity contribution in [1.29, 1.82) is 0 Å². The standard InChI is InChI=1S/C14H20FNO3/c1-13(2,3)19-12(18)16-14(4,9-17)10-7-5-6-8-11(10)15/h5-8,17H,9H2,1-4H3,(H,16,18)/t14-/m0/s1. The van der Waals surface area contributed by atoms with Crippen molar-refractivity contribution in [2.75, 3.05) is 6.61 Å². The van der Waals surface area contributed by atoms with E-state index in [4.69, 9.17) is 4.74 Å². The van der Waals surface area contributed by atoms with Crippen LogP contribution in [0.1, 0.15) is 33.3 Å². The summed E-state index contributed by atoms with van der Waals surface area (Å²) in [4.78, 5) is 11.8. The maximum absolute atomic E-state index is 13.8. The lowest BCUT2D eigenvalue weighted by atomic mass is 9.92. The highest BCUT2D eigenvalue weighted by Crippen LogP contribution is 2.23. The molecular weight excluding hydrogens is 249 g/mol. The van der Waals surface area contributed by atoms with Crippen LogP contribution in [-0.4, -0.2) is 23.4 Å². The van der Waals surface area contributed by atoms with E-state index in [-0.39, 0.29) is 5.56 Å². The molecule has 0 saturated carbocycles. The van der Waals surface area contributed by atoms with Crippen LogP contribution in [0.4, 0.5) is 9.18 Å². The molecule has 4 nitrogen and oxygen atoms in total. The zero-order valence-corrected chi connectivity index (χ0v) is 11.7. The van der Waals surface area contributed by atoms with Crippen LogP contribution < -0.4 is 5.32 Å². The Balaban J connectivity index is 2.94. The number of rotatable bonds is 3. The van der Waals surface area contributed by atoms with E-state index in [1.807, 2.05) is 0 Å². The molecule has 5 heteroatoms. The molecule has 1 atom stereocenters. The van der Waals surface area contributed by atoms with Crippen LogP contribution in [0, 0.1) is 5.82 Å². The molecule has 2 N–H and O–H groups in total. The number of benzene rings is 1. The third-order valence-corrected chi connectivity index (χ3v) is 2.56. The molecule has 1 aromatic rings. The molecule has 1 aromatic carbocycles. The summed E-state index contributed by atoms with van der Waals surface area (Å²) in [6, 6.07) is 5.98. The zero-order chi connectivity index (χ0) is 14.7. The van der Waals surface area contributed by atoms with E-state index >= 15 is 0 Å². The molecule has 0 aliphatic carbocycles. The molecule has 1 amide bonds. The van der Waals surface area contributed by atoms with Gasteiger partial charge in [0.2, 0.25) is 0 Å². The van der Waals surface area contributed by atoms with Gasteiger partial charge >= 0.3 is 6.09 Å². The van der Waals surface area contributed by atoms with E-state index in [1.165, 1.54) is 19.1 Å². The van der Waals surface area contributed by atoms with Crippen molar-refractivity contribution < 1.29 is 19.0 Å². The second-order valence-corrected chi connectivity index (χ2v) is 5.60. The SMILES string of the molecule is CC(C)(C)OC(=O)N[C@@](C)(CO)c1ccccc1F. The summed E-state index contributed by atoms with van der Waals surface area (Å²) in [5.41, 5.74) is -1.67. The van der Waals surface area contributed by atoms with Crippen LogP contribution >= 0.6 is 0 Å². The van der Waals surface area contributed by atoms with E-state index in [0.717, 1.165) is 0 Å². The molecule has 0 spiro atoms. The number of ether oxygens (including phenoxy) is 1. The fourth-order valence-electron chi connectivity index (χ4n) is 1.63. The predicted molar refractivity (Wildman–Crippen MR) is 70.2 cm³/mol. The first kappa shape index (κ1) is 15.4. The van der Waals surface area contributed by atoms with E-state index in [1.54, 1.807) is 32.9 Å². The van der Waals surface area contributed by atoms with Gasteiger partial charge in [0.25, 0.3) is 0 Å². The average Bonchev–Trinajstić information content (AvgIpc) is 2.26. The van der Waals surface area contributed by atoms with Crippen molar-refractivity contribution in [3.8, 4) is 0 Å². The minimum Gasteiger partial charge on any atom is -0.444 e. The summed E-state index contributed by atoms with van der Waals surface area (Å²) in [5, 5.41) is 12.0. The van der Waals surface area contributed by atoms with E-state index in [2.05, 4.69) is 5.32 Å². The molecule has 1 rings (SSSR count). The number of aliphatic hydroxyl groups excluding tert-OH is 1. The van der Waals surface area contributed by atoms with Crippen LogP contribution in [0.2, 0.25) is 0 Å². The number of alkyl carbamates (subject to hydrolysis) is 1. The van der Waals surface area contributed by atoms with Gasteiger partial charge in [0.05, 0.1) is 12.1 Å². The van der Waals surface area contributed by atoms with Gasteiger partial charge in [-0.2, -0.15) is 0 Å². The first-order valence-corrected chi connectivity index (χ1v) is 6.05. The summed E-state index contributed by atoms with van der Waals surface area (Å²) in [5.74, 6) is -0.491. The van der Waals surface area contributed by atoms with Gasteiger partial charge in [0.1, 0.15) is 11.4 Å². The molecule has 0 saturated heterocycles. The lowest BCUT2D eigenvalue weighted by Crippen LogP contribution is -2.48. The molecule has 0 unspecified atom stereocenters. The van der Waals surface area contributed by atoms with Crippen LogP contribution in [-0.2, 0) is 10.3 Å². The molecule has 0 radical (unpaired) electrons.